The van der Waals surface area contributed by atoms with Crippen LogP contribution in [0.15, 0.2) is 36.4 Å². The van der Waals surface area contributed by atoms with Crippen LogP contribution in [0.1, 0.15) is 49.1 Å². The Morgan fingerprint density at radius 1 is 1.32 bits per heavy atom. The molecule has 0 saturated carbocycles. The van der Waals surface area contributed by atoms with Crippen LogP contribution in [0.25, 0.3) is 0 Å². The van der Waals surface area contributed by atoms with Crippen molar-refractivity contribution in [2.75, 3.05) is 6.61 Å². The Morgan fingerprint density at radius 3 is 2.92 bits per heavy atom. The van der Waals surface area contributed by atoms with E-state index >= 15 is 0 Å². The number of ether oxygens (including phenoxy) is 2. The van der Waals surface area contributed by atoms with Gasteiger partial charge in [-0.15, -0.1) is 0 Å². The molecule has 0 fully saturated rings. The van der Waals surface area contributed by atoms with Crippen molar-refractivity contribution in [2.24, 2.45) is 0 Å². The molecule has 0 radical (unpaired) electrons. The first kappa shape index (κ1) is 17.8. The van der Waals surface area contributed by atoms with Crippen LogP contribution in [0.3, 0.4) is 0 Å². The van der Waals surface area contributed by atoms with Gasteiger partial charge in [0.15, 0.2) is 0 Å². The largest absolute Gasteiger partial charge is 0.494 e. The van der Waals surface area contributed by atoms with Gasteiger partial charge in [0.2, 0.25) is 0 Å². The van der Waals surface area contributed by atoms with Crippen molar-refractivity contribution in [2.45, 2.75) is 52.5 Å². The topological polar surface area (TPSA) is 50.7 Å². The Labute approximate surface area is 149 Å². The molecular formula is C21H27NO3. The highest BCUT2D eigenvalue weighted by atomic mass is 16.5. The second kappa shape index (κ2) is 7.89. The van der Waals surface area contributed by atoms with E-state index in [1.54, 1.807) is 0 Å². The van der Waals surface area contributed by atoms with Gasteiger partial charge in [-0.05, 0) is 44.0 Å². The number of nitrogens with one attached hydrogen (secondary N) is 1. The molecule has 3 rings (SSSR count). The second-order valence-corrected chi connectivity index (χ2v) is 6.64. The van der Waals surface area contributed by atoms with Gasteiger partial charge in [0.1, 0.15) is 17.6 Å². The van der Waals surface area contributed by atoms with Crippen LogP contribution in [0.4, 0.5) is 0 Å². The minimum Gasteiger partial charge on any atom is -0.494 e. The minimum atomic E-state index is 0.0649. The first-order valence-corrected chi connectivity index (χ1v) is 8.99. The summed E-state index contributed by atoms with van der Waals surface area (Å²) in [5, 5.41) is 12.9. The first-order valence-electron chi connectivity index (χ1n) is 8.99. The quantitative estimate of drug-likeness (QED) is 0.805. The lowest BCUT2D eigenvalue weighted by atomic mass is 10.0. The molecule has 2 atom stereocenters. The van der Waals surface area contributed by atoms with Gasteiger partial charge in [0.25, 0.3) is 0 Å². The number of benzene rings is 2. The lowest BCUT2D eigenvalue weighted by Crippen LogP contribution is -2.19. The molecular weight excluding hydrogens is 314 g/mol. The third-order valence-electron chi connectivity index (χ3n) is 4.61. The summed E-state index contributed by atoms with van der Waals surface area (Å²) in [6.45, 7) is 7.64. The SMILES string of the molecule is CCOc1cc2c(cc1CNC(C)c1cccc(CO)c1)OC(C)C2. The fourth-order valence-electron chi connectivity index (χ4n) is 3.25. The highest BCUT2D eigenvalue weighted by molar-refractivity contribution is 5.48. The summed E-state index contributed by atoms with van der Waals surface area (Å²) in [5.74, 6) is 1.91. The zero-order valence-electron chi connectivity index (χ0n) is 15.2. The fraction of sp³-hybridized carbons (Fsp3) is 0.429. The molecule has 0 saturated heterocycles. The smallest absolute Gasteiger partial charge is 0.124 e. The number of aliphatic hydroxyl groups is 1. The normalized spacial score (nSPS) is 17.0. The van der Waals surface area contributed by atoms with E-state index in [4.69, 9.17) is 9.47 Å². The van der Waals surface area contributed by atoms with Crippen LogP contribution in [0.5, 0.6) is 11.5 Å². The first-order chi connectivity index (χ1) is 12.1. The highest BCUT2D eigenvalue weighted by Crippen LogP contribution is 2.35. The molecule has 0 amide bonds. The average Bonchev–Trinajstić information content (AvgIpc) is 2.98. The molecule has 0 aliphatic carbocycles. The van der Waals surface area contributed by atoms with E-state index in [1.807, 2.05) is 25.1 Å². The molecule has 0 aromatic heterocycles. The maximum Gasteiger partial charge on any atom is 0.124 e. The van der Waals surface area contributed by atoms with Gasteiger partial charge < -0.3 is 19.9 Å². The molecule has 1 aliphatic rings. The standard InChI is InChI=1S/C21H27NO3/c1-4-24-20-10-18-8-14(2)25-21(18)11-19(20)12-22-15(3)17-7-5-6-16(9-17)13-23/h5-7,9-11,14-15,22-23H,4,8,12-13H2,1-3H3. The van der Waals surface area contributed by atoms with E-state index in [1.165, 1.54) is 5.56 Å². The molecule has 2 unspecified atom stereocenters. The van der Waals surface area contributed by atoms with Gasteiger partial charge in [0, 0.05) is 30.1 Å². The average molecular weight is 341 g/mol. The fourth-order valence-corrected chi connectivity index (χ4v) is 3.25. The van der Waals surface area contributed by atoms with Crippen LogP contribution in [0, 0.1) is 0 Å². The maximum atomic E-state index is 9.31. The number of hydrogen-bond acceptors (Lipinski definition) is 4. The molecule has 1 aliphatic heterocycles. The molecule has 134 valence electrons. The van der Waals surface area contributed by atoms with Gasteiger partial charge in [-0.3, -0.25) is 0 Å². The molecule has 2 aromatic carbocycles. The second-order valence-electron chi connectivity index (χ2n) is 6.64. The van der Waals surface area contributed by atoms with Gasteiger partial charge in [-0.25, -0.2) is 0 Å². The molecule has 25 heavy (non-hydrogen) atoms. The number of aliphatic hydroxyl groups excluding tert-OH is 1. The van der Waals surface area contributed by atoms with Crippen LogP contribution >= 0.6 is 0 Å². The molecule has 4 heteroatoms. The van der Waals surface area contributed by atoms with Crippen LogP contribution < -0.4 is 14.8 Å². The minimum absolute atomic E-state index is 0.0649. The van der Waals surface area contributed by atoms with E-state index in [0.717, 1.165) is 34.6 Å². The third kappa shape index (κ3) is 4.14. The summed E-state index contributed by atoms with van der Waals surface area (Å²) in [4.78, 5) is 0. The van der Waals surface area contributed by atoms with Crippen molar-refractivity contribution in [3.8, 4) is 11.5 Å². The van der Waals surface area contributed by atoms with Crippen LogP contribution in [-0.2, 0) is 19.6 Å². The summed E-state index contributed by atoms with van der Waals surface area (Å²) < 4.78 is 11.7. The summed E-state index contributed by atoms with van der Waals surface area (Å²) in [5.41, 5.74) is 4.43. The van der Waals surface area contributed by atoms with Crippen molar-refractivity contribution in [1.29, 1.82) is 0 Å². The van der Waals surface area contributed by atoms with E-state index < -0.39 is 0 Å². The molecule has 0 bridgehead atoms. The molecule has 2 N–H and O–H groups in total. The number of fused-ring (bicyclic) bond motifs is 1. The predicted octanol–water partition coefficient (Wildman–Crippen LogP) is 3.75. The predicted molar refractivity (Wildman–Crippen MR) is 99.0 cm³/mol. The van der Waals surface area contributed by atoms with Crippen molar-refractivity contribution < 1.29 is 14.6 Å². The lowest BCUT2D eigenvalue weighted by Gasteiger charge is -2.18. The number of rotatable bonds is 7. The Kier molecular flexibility index (Phi) is 5.61. The van der Waals surface area contributed by atoms with Crippen molar-refractivity contribution >= 4 is 0 Å². The van der Waals surface area contributed by atoms with E-state index in [-0.39, 0.29) is 18.8 Å². The molecule has 4 nitrogen and oxygen atoms in total. The summed E-state index contributed by atoms with van der Waals surface area (Å²) in [7, 11) is 0. The van der Waals surface area contributed by atoms with E-state index in [0.29, 0.717) is 13.2 Å². The summed E-state index contributed by atoms with van der Waals surface area (Å²) in [6, 6.07) is 12.4. The third-order valence-corrected chi connectivity index (χ3v) is 4.61. The van der Waals surface area contributed by atoms with Gasteiger partial charge in [-0.1, -0.05) is 24.3 Å². The zero-order valence-corrected chi connectivity index (χ0v) is 15.2. The Balaban J connectivity index is 1.74. The van der Waals surface area contributed by atoms with Gasteiger partial charge in [0.05, 0.1) is 13.2 Å². The Bertz CT molecular complexity index is 729. The number of hydrogen-bond donors (Lipinski definition) is 2. The van der Waals surface area contributed by atoms with Crippen molar-refractivity contribution in [1.82, 2.24) is 5.32 Å². The Morgan fingerprint density at radius 2 is 2.16 bits per heavy atom. The molecule has 1 heterocycles. The van der Waals surface area contributed by atoms with Gasteiger partial charge in [-0.2, -0.15) is 0 Å². The zero-order chi connectivity index (χ0) is 17.8. The van der Waals surface area contributed by atoms with E-state index in [9.17, 15) is 5.11 Å². The molecule has 2 aromatic rings. The van der Waals surface area contributed by atoms with Crippen LogP contribution in [-0.4, -0.2) is 17.8 Å². The summed E-state index contributed by atoms with van der Waals surface area (Å²) in [6.07, 6.45) is 1.17. The highest BCUT2D eigenvalue weighted by Gasteiger charge is 2.22. The van der Waals surface area contributed by atoms with Crippen molar-refractivity contribution in [3.05, 3.63) is 58.7 Å². The van der Waals surface area contributed by atoms with Crippen LogP contribution in [0.2, 0.25) is 0 Å². The maximum absolute atomic E-state index is 9.31. The van der Waals surface area contributed by atoms with Gasteiger partial charge >= 0.3 is 0 Å². The molecule has 0 spiro atoms. The summed E-state index contributed by atoms with van der Waals surface area (Å²) >= 11 is 0. The monoisotopic (exact) mass is 341 g/mol. The lowest BCUT2D eigenvalue weighted by molar-refractivity contribution is 0.254. The Hall–Kier alpha value is -2.04. The van der Waals surface area contributed by atoms with E-state index in [2.05, 4.69) is 37.4 Å². The van der Waals surface area contributed by atoms with Crippen molar-refractivity contribution in [3.63, 3.8) is 0 Å².